The zero-order valence-corrected chi connectivity index (χ0v) is 21.1. The van der Waals surface area contributed by atoms with Gasteiger partial charge in [0.15, 0.2) is 0 Å². The Bertz CT molecular complexity index is 1720. The molecule has 0 spiro atoms. The van der Waals surface area contributed by atoms with Crippen molar-refractivity contribution in [1.82, 2.24) is 20.1 Å². The van der Waals surface area contributed by atoms with Crippen molar-refractivity contribution in [2.75, 3.05) is 0 Å². The smallest absolute Gasteiger partial charge is 0.272 e. The molecule has 0 saturated heterocycles. The van der Waals surface area contributed by atoms with E-state index in [1.165, 1.54) is 18.4 Å². The molecule has 2 N–H and O–H groups in total. The van der Waals surface area contributed by atoms with Gasteiger partial charge in [-0.25, -0.2) is 23.5 Å². The van der Waals surface area contributed by atoms with Crippen molar-refractivity contribution in [1.29, 1.82) is 0 Å². The molecule has 0 saturated carbocycles. The molecule has 0 aliphatic heterocycles. The highest BCUT2D eigenvalue weighted by atomic mass is 32.2. The summed E-state index contributed by atoms with van der Waals surface area (Å²) in [7, 11) is -3.72. The maximum absolute atomic E-state index is 13.2. The summed E-state index contributed by atoms with van der Waals surface area (Å²) in [6, 6.07) is 22.4. The Kier molecular flexibility index (Phi) is 7.07. The Labute approximate surface area is 219 Å². The lowest BCUT2D eigenvalue weighted by Gasteiger charge is -2.10. The van der Waals surface area contributed by atoms with Crippen molar-refractivity contribution in [3.05, 3.63) is 114 Å². The minimum Gasteiger partial charge on any atom is -0.468 e. The summed E-state index contributed by atoms with van der Waals surface area (Å²) in [6.45, 7) is 1.78. The first-order valence-electron chi connectivity index (χ1n) is 11.7. The predicted molar refractivity (Wildman–Crippen MR) is 144 cm³/mol. The van der Waals surface area contributed by atoms with Crippen molar-refractivity contribution in [2.45, 2.75) is 18.4 Å². The minimum atomic E-state index is -3.72. The summed E-state index contributed by atoms with van der Waals surface area (Å²) in [6.07, 6.45) is 4.85. The van der Waals surface area contributed by atoms with Crippen LogP contribution in [0.3, 0.4) is 0 Å². The number of para-hydroxylation sites is 1. The number of hydrogen-bond donors (Lipinski definition) is 2. The molecule has 0 atom stereocenters. The summed E-state index contributed by atoms with van der Waals surface area (Å²) in [4.78, 5) is 22.1. The predicted octanol–water partition coefficient (Wildman–Crippen LogP) is 4.52. The summed E-state index contributed by atoms with van der Waals surface area (Å²) >= 11 is 0. The Morgan fingerprint density at radius 3 is 2.55 bits per heavy atom. The molecule has 10 heteroatoms. The van der Waals surface area contributed by atoms with Crippen molar-refractivity contribution < 1.29 is 17.6 Å². The molecule has 38 heavy (non-hydrogen) atoms. The van der Waals surface area contributed by atoms with E-state index in [9.17, 15) is 13.2 Å². The highest BCUT2D eigenvalue weighted by Crippen LogP contribution is 2.24. The van der Waals surface area contributed by atoms with Crippen LogP contribution in [0.5, 0.6) is 0 Å². The van der Waals surface area contributed by atoms with Crippen LogP contribution in [0.15, 0.2) is 112 Å². The average molecular weight is 526 g/mol. The van der Waals surface area contributed by atoms with Crippen molar-refractivity contribution >= 4 is 32.5 Å². The fraction of sp³-hybridized carbons (Fsp3) is 0.0714. The normalized spacial score (nSPS) is 12.0. The van der Waals surface area contributed by atoms with Gasteiger partial charge in [0.05, 0.1) is 40.2 Å². The maximum Gasteiger partial charge on any atom is 0.272 e. The number of carbonyl (C=O) groups excluding carboxylic acids is 1. The van der Waals surface area contributed by atoms with Crippen LogP contribution in [0.2, 0.25) is 0 Å². The fourth-order valence-electron chi connectivity index (χ4n) is 3.82. The standard InChI is InChI=1S/C28H23N5O4S/c1-19(20-10-12-23(13-11-20)38(35,36)30-18-22-7-5-15-37-22)32-33-28(34)25-16-27(21-6-4-14-29-17-21)31-26-9-3-2-8-24(25)26/h2-17,30H,18H2,1H3,(H,33,34). The lowest BCUT2D eigenvalue weighted by atomic mass is 10.0. The van der Waals surface area contributed by atoms with Gasteiger partial charge in [0.1, 0.15) is 5.76 Å². The summed E-state index contributed by atoms with van der Waals surface area (Å²) < 4.78 is 32.8. The molecule has 0 fully saturated rings. The highest BCUT2D eigenvalue weighted by molar-refractivity contribution is 7.89. The molecule has 5 rings (SSSR count). The van der Waals surface area contributed by atoms with Crippen LogP contribution >= 0.6 is 0 Å². The van der Waals surface area contributed by atoms with Crippen LogP contribution in [0, 0.1) is 0 Å². The van der Waals surface area contributed by atoms with Gasteiger partial charge in [-0.3, -0.25) is 9.78 Å². The van der Waals surface area contributed by atoms with E-state index in [4.69, 9.17) is 4.42 Å². The minimum absolute atomic E-state index is 0.0514. The van der Waals surface area contributed by atoms with Crippen LogP contribution in [0.1, 0.15) is 28.6 Å². The highest BCUT2D eigenvalue weighted by Gasteiger charge is 2.16. The van der Waals surface area contributed by atoms with E-state index in [2.05, 4.69) is 25.2 Å². The molecule has 0 bridgehead atoms. The Balaban J connectivity index is 1.34. The van der Waals surface area contributed by atoms with Crippen LogP contribution in [-0.2, 0) is 16.6 Å². The van der Waals surface area contributed by atoms with Gasteiger partial charge in [0.2, 0.25) is 10.0 Å². The quantitative estimate of drug-likeness (QED) is 0.227. The third-order valence-electron chi connectivity index (χ3n) is 5.84. The molecule has 0 aliphatic rings. The number of fused-ring (bicyclic) bond motifs is 1. The maximum atomic E-state index is 13.2. The number of benzene rings is 2. The molecule has 190 valence electrons. The molecule has 1 amide bonds. The van der Waals surface area contributed by atoms with E-state index in [1.54, 1.807) is 49.6 Å². The topological polar surface area (TPSA) is 127 Å². The van der Waals surface area contributed by atoms with E-state index in [-0.39, 0.29) is 11.4 Å². The first kappa shape index (κ1) is 25.0. The second kappa shape index (κ2) is 10.8. The largest absolute Gasteiger partial charge is 0.468 e. The van der Waals surface area contributed by atoms with Gasteiger partial charge in [-0.05, 0) is 61.0 Å². The zero-order valence-electron chi connectivity index (χ0n) is 20.3. The number of nitrogens with one attached hydrogen (secondary N) is 2. The van der Waals surface area contributed by atoms with Gasteiger partial charge in [0, 0.05) is 23.3 Å². The van der Waals surface area contributed by atoms with Crippen LogP contribution in [0.25, 0.3) is 22.2 Å². The van der Waals surface area contributed by atoms with Gasteiger partial charge in [-0.15, -0.1) is 0 Å². The summed E-state index contributed by atoms with van der Waals surface area (Å²) in [5, 5.41) is 4.95. The zero-order chi connectivity index (χ0) is 26.5. The Morgan fingerprint density at radius 2 is 1.82 bits per heavy atom. The lowest BCUT2D eigenvalue weighted by molar-refractivity contribution is 0.0956. The number of sulfonamides is 1. The first-order valence-corrected chi connectivity index (χ1v) is 13.2. The molecule has 0 radical (unpaired) electrons. The summed E-state index contributed by atoms with van der Waals surface area (Å²) in [5.41, 5.74) is 6.30. The SMILES string of the molecule is CC(=NNC(=O)c1cc(-c2cccnc2)nc2ccccc12)c1ccc(S(=O)(=O)NCc2ccco2)cc1. The fourth-order valence-corrected chi connectivity index (χ4v) is 4.82. The van der Waals surface area contributed by atoms with Gasteiger partial charge in [0.25, 0.3) is 5.91 Å². The molecule has 2 aromatic carbocycles. The number of rotatable bonds is 8. The molecular weight excluding hydrogens is 502 g/mol. The van der Waals surface area contributed by atoms with Crippen LogP contribution in [-0.4, -0.2) is 30.0 Å². The van der Waals surface area contributed by atoms with Gasteiger partial charge in [-0.1, -0.05) is 30.3 Å². The van der Waals surface area contributed by atoms with Crippen molar-refractivity contribution in [2.24, 2.45) is 5.10 Å². The van der Waals surface area contributed by atoms with E-state index < -0.39 is 15.9 Å². The molecule has 9 nitrogen and oxygen atoms in total. The monoisotopic (exact) mass is 525 g/mol. The lowest BCUT2D eigenvalue weighted by Crippen LogP contribution is -2.23. The average Bonchev–Trinajstić information content (AvgIpc) is 3.48. The Hall–Kier alpha value is -4.67. The number of hydrogen-bond acceptors (Lipinski definition) is 7. The number of aromatic nitrogens is 2. The second-order valence-corrected chi connectivity index (χ2v) is 10.1. The molecule has 0 unspecified atom stereocenters. The van der Waals surface area contributed by atoms with E-state index in [0.717, 1.165) is 5.56 Å². The number of furan rings is 1. The number of nitrogens with zero attached hydrogens (tertiary/aromatic N) is 3. The molecule has 3 heterocycles. The molecular formula is C28H23N5O4S. The first-order chi connectivity index (χ1) is 18.4. The third kappa shape index (κ3) is 5.51. The Morgan fingerprint density at radius 1 is 1.00 bits per heavy atom. The van der Waals surface area contributed by atoms with E-state index in [1.807, 2.05) is 36.4 Å². The molecule has 0 aliphatic carbocycles. The van der Waals surface area contributed by atoms with Crippen LogP contribution < -0.4 is 10.1 Å². The third-order valence-corrected chi connectivity index (χ3v) is 7.26. The van der Waals surface area contributed by atoms with Crippen molar-refractivity contribution in [3.63, 3.8) is 0 Å². The van der Waals surface area contributed by atoms with Gasteiger partial charge < -0.3 is 4.42 Å². The number of hydrazone groups is 1. The summed E-state index contributed by atoms with van der Waals surface area (Å²) in [5.74, 6) is 0.118. The van der Waals surface area contributed by atoms with E-state index in [0.29, 0.717) is 39.2 Å². The molecule has 5 aromatic rings. The number of amides is 1. The van der Waals surface area contributed by atoms with Crippen LogP contribution in [0.4, 0.5) is 0 Å². The number of pyridine rings is 2. The van der Waals surface area contributed by atoms with Gasteiger partial charge in [-0.2, -0.15) is 5.10 Å². The van der Waals surface area contributed by atoms with Crippen molar-refractivity contribution in [3.8, 4) is 11.3 Å². The van der Waals surface area contributed by atoms with E-state index >= 15 is 0 Å². The molecule has 3 aromatic heterocycles. The second-order valence-electron chi connectivity index (χ2n) is 8.38. The number of carbonyl (C=O) groups is 1. The van der Waals surface area contributed by atoms with Gasteiger partial charge >= 0.3 is 0 Å².